The number of esters is 1. The molecule has 7 rings (SSSR count). The number of benzene rings is 1. The summed E-state index contributed by atoms with van der Waals surface area (Å²) in [5.41, 5.74) is 2.62. The Labute approximate surface area is 356 Å². The maximum Gasteiger partial charge on any atom is 0.309 e. The van der Waals surface area contributed by atoms with Crippen LogP contribution in [0.1, 0.15) is 138 Å². The van der Waals surface area contributed by atoms with E-state index >= 15 is 0 Å². The van der Waals surface area contributed by atoms with Crippen molar-refractivity contribution in [3.63, 3.8) is 0 Å². The fourth-order valence-electron chi connectivity index (χ4n) is 15.3. The van der Waals surface area contributed by atoms with E-state index in [4.69, 9.17) is 16.3 Å². The fourth-order valence-corrected chi connectivity index (χ4v) is 15.5. The molecule has 1 saturated heterocycles. The monoisotopic (exact) mass is 820 g/mol. The zero-order valence-electron chi connectivity index (χ0n) is 37.6. The first-order chi connectivity index (χ1) is 27.3. The Morgan fingerprint density at radius 3 is 2.31 bits per heavy atom. The second-order valence-corrected chi connectivity index (χ2v) is 22.9. The Morgan fingerprint density at radius 2 is 1.62 bits per heavy atom. The predicted molar refractivity (Wildman–Crippen MR) is 236 cm³/mol. The maximum absolute atomic E-state index is 13.2. The van der Waals surface area contributed by atoms with Crippen molar-refractivity contribution in [1.82, 2.24) is 15.1 Å². The Bertz CT molecular complexity index is 1690. The first-order valence-corrected chi connectivity index (χ1v) is 23.6. The molecule has 324 valence electrons. The molecule has 0 radical (unpaired) electrons. The van der Waals surface area contributed by atoms with Crippen molar-refractivity contribution in [2.75, 3.05) is 45.8 Å². The number of carbonyl (C=O) groups is 2. The van der Waals surface area contributed by atoms with E-state index in [0.717, 1.165) is 82.1 Å². The van der Waals surface area contributed by atoms with E-state index in [1.165, 1.54) is 68.9 Å². The average Bonchev–Trinajstić information content (AvgIpc) is 3.53. The molecule has 1 aromatic carbocycles. The van der Waals surface area contributed by atoms with Gasteiger partial charge in [0.25, 0.3) is 0 Å². The van der Waals surface area contributed by atoms with Crippen LogP contribution in [-0.4, -0.2) is 78.8 Å². The summed E-state index contributed by atoms with van der Waals surface area (Å²) in [7, 11) is 0. The van der Waals surface area contributed by atoms with E-state index < -0.39 is 11.4 Å². The normalized spacial score (nSPS) is 38.8. The Morgan fingerprint density at radius 1 is 0.897 bits per heavy atom. The number of aliphatic carboxylic acids is 1. The number of ether oxygens (including phenoxy) is 1. The number of piperazine rings is 1. The van der Waals surface area contributed by atoms with Gasteiger partial charge in [-0.05, 0) is 167 Å². The van der Waals surface area contributed by atoms with E-state index in [1.54, 1.807) is 13.8 Å². The summed E-state index contributed by atoms with van der Waals surface area (Å²) in [6.45, 7) is 31.7. The number of rotatable bonds is 13. The molecule has 1 unspecified atom stereocenters. The second-order valence-electron chi connectivity index (χ2n) is 22.5. The van der Waals surface area contributed by atoms with Gasteiger partial charge < -0.3 is 15.2 Å². The van der Waals surface area contributed by atoms with Crippen molar-refractivity contribution in [2.45, 2.75) is 145 Å². The SMILES string of the molecule is C=C(C)C1CC[C@]2(CCNCCN3CCN(Cc4cccc(Cl)c4)CC3)CC[C@]3(C)[C@H](CC[C@@H]4[C@@]5(C)CC[C@H](OC(=O)CC(C)(C)C(=O)O)C(C)(C)[C@@H]5CC[C@]43C)[C@@H]12. The molecule has 7 nitrogen and oxygen atoms in total. The molecule has 2 N–H and O–H groups in total. The Hall–Kier alpha value is -1.93. The molecule has 0 aromatic heterocycles. The van der Waals surface area contributed by atoms with Crippen LogP contribution >= 0.6 is 11.6 Å². The quantitative estimate of drug-likeness (QED) is 0.117. The summed E-state index contributed by atoms with van der Waals surface area (Å²) in [6.07, 6.45) is 13.4. The average molecular weight is 821 g/mol. The van der Waals surface area contributed by atoms with Gasteiger partial charge >= 0.3 is 11.9 Å². The van der Waals surface area contributed by atoms with Crippen LogP contribution < -0.4 is 5.32 Å². The van der Waals surface area contributed by atoms with Crippen LogP contribution in [0.25, 0.3) is 0 Å². The third-order valence-electron chi connectivity index (χ3n) is 18.8. The highest BCUT2D eigenvalue weighted by Gasteiger charge is 2.71. The van der Waals surface area contributed by atoms with Crippen LogP contribution in [0.4, 0.5) is 0 Å². The zero-order chi connectivity index (χ0) is 41.9. The van der Waals surface area contributed by atoms with Gasteiger partial charge in [0.15, 0.2) is 0 Å². The zero-order valence-corrected chi connectivity index (χ0v) is 38.3. The van der Waals surface area contributed by atoms with Gasteiger partial charge in [-0.15, -0.1) is 0 Å². The minimum atomic E-state index is -1.13. The lowest BCUT2D eigenvalue weighted by molar-refractivity contribution is -0.250. The molecule has 0 bridgehead atoms. The van der Waals surface area contributed by atoms with Crippen molar-refractivity contribution in [3.05, 3.63) is 47.0 Å². The van der Waals surface area contributed by atoms with Crippen molar-refractivity contribution >= 4 is 23.5 Å². The highest BCUT2D eigenvalue weighted by Crippen LogP contribution is 2.78. The van der Waals surface area contributed by atoms with Crippen molar-refractivity contribution in [3.8, 4) is 0 Å². The number of hydrogen-bond acceptors (Lipinski definition) is 6. The number of carboxylic acid groups (broad SMARTS) is 1. The molecule has 0 spiro atoms. The minimum absolute atomic E-state index is 0.0917. The van der Waals surface area contributed by atoms with E-state index in [-0.39, 0.29) is 34.7 Å². The number of nitrogens with one attached hydrogen (secondary N) is 1. The van der Waals surface area contributed by atoms with Gasteiger partial charge in [-0.2, -0.15) is 0 Å². The first kappa shape index (κ1) is 44.1. The summed E-state index contributed by atoms with van der Waals surface area (Å²) >= 11 is 6.24. The molecule has 10 atom stereocenters. The molecule has 5 aliphatic carbocycles. The maximum atomic E-state index is 13.2. The third-order valence-corrected chi connectivity index (χ3v) is 19.0. The second kappa shape index (κ2) is 16.4. The summed E-state index contributed by atoms with van der Waals surface area (Å²) in [5.74, 6) is 1.89. The van der Waals surface area contributed by atoms with Crippen molar-refractivity contribution in [1.29, 1.82) is 0 Å². The van der Waals surface area contributed by atoms with Gasteiger partial charge in [0.05, 0.1) is 11.8 Å². The van der Waals surface area contributed by atoms with Gasteiger partial charge in [-0.1, -0.05) is 70.5 Å². The highest BCUT2D eigenvalue weighted by molar-refractivity contribution is 6.30. The molecule has 8 heteroatoms. The molecular formula is C50H78ClN3O4. The van der Waals surface area contributed by atoms with E-state index in [1.807, 2.05) is 6.07 Å². The smallest absolute Gasteiger partial charge is 0.309 e. The standard InChI is InChI=1S/C50H78ClN3O4/c1-34(2)37-15-20-50(23-24-52-25-26-53-27-29-54(30-28-53)33-35-11-10-12-36(51)31-35)22-21-48(8)38(43(37)50)13-14-40-47(7)18-17-41(58-42(55)32-45(3,4)44(56)57)46(5,6)39(47)16-19-49(40,48)9/h10-12,31,37-41,43,52H,1,13-30,32-33H2,2-9H3,(H,56,57)/t37?,38-,39+,40-,41+,43-,47+,48-,49-,50-/m1/s1. The van der Waals surface area contributed by atoms with Gasteiger partial charge in [-0.25, -0.2) is 0 Å². The Kier molecular flexibility index (Phi) is 12.5. The summed E-state index contributed by atoms with van der Waals surface area (Å²) in [4.78, 5) is 30.1. The molecule has 1 heterocycles. The minimum Gasteiger partial charge on any atom is -0.481 e. The van der Waals surface area contributed by atoms with Crippen LogP contribution in [0, 0.1) is 62.1 Å². The number of carbonyl (C=O) groups excluding carboxylic acids is 1. The highest BCUT2D eigenvalue weighted by atomic mass is 35.5. The molecule has 1 aromatic rings. The van der Waals surface area contributed by atoms with Gasteiger partial charge in [0, 0.05) is 56.3 Å². The van der Waals surface area contributed by atoms with E-state index in [2.05, 4.69) is 81.4 Å². The fraction of sp³-hybridized carbons (Fsp3) is 0.800. The first-order valence-electron chi connectivity index (χ1n) is 23.2. The van der Waals surface area contributed by atoms with Crippen LogP contribution in [0.15, 0.2) is 36.4 Å². The lowest BCUT2D eigenvalue weighted by Crippen LogP contribution is -2.66. The molecule has 58 heavy (non-hydrogen) atoms. The molecule has 5 saturated carbocycles. The number of allylic oxidation sites excluding steroid dienone is 1. The third kappa shape index (κ3) is 7.87. The largest absolute Gasteiger partial charge is 0.481 e. The van der Waals surface area contributed by atoms with Crippen molar-refractivity contribution in [2.24, 2.45) is 62.1 Å². The molecule has 1 aliphatic heterocycles. The molecular weight excluding hydrogens is 742 g/mol. The van der Waals surface area contributed by atoms with Gasteiger partial charge in [0.1, 0.15) is 6.10 Å². The number of fused-ring (bicyclic) bond motifs is 7. The molecule has 6 aliphatic rings. The topological polar surface area (TPSA) is 82.1 Å². The van der Waals surface area contributed by atoms with Gasteiger partial charge in [0.2, 0.25) is 0 Å². The van der Waals surface area contributed by atoms with Crippen LogP contribution in [0.3, 0.4) is 0 Å². The van der Waals surface area contributed by atoms with Gasteiger partial charge in [-0.3, -0.25) is 19.4 Å². The van der Waals surface area contributed by atoms with Crippen molar-refractivity contribution < 1.29 is 19.4 Å². The Balaban J connectivity index is 0.977. The summed E-state index contributed by atoms with van der Waals surface area (Å²) in [5, 5.41) is 14.4. The lowest BCUT2D eigenvalue weighted by Gasteiger charge is -2.73. The number of carboxylic acids is 1. The van der Waals surface area contributed by atoms with Crippen LogP contribution in [0.5, 0.6) is 0 Å². The van der Waals surface area contributed by atoms with Crippen LogP contribution in [0.2, 0.25) is 5.02 Å². The van der Waals surface area contributed by atoms with E-state index in [0.29, 0.717) is 28.6 Å². The number of nitrogens with zero attached hydrogens (tertiary/aromatic N) is 2. The molecule has 0 amide bonds. The number of hydrogen-bond donors (Lipinski definition) is 2. The summed E-state index contributed by atoms with van der Waals surface area (Å²) in [6, 6.07) is 8.29. The molecule has 6 fully saturated rings. The number of halogens is 1. The summed E-state index contributed by atoms with van der Waals surface area (Å²) < 4.78 is 6.23. The lowest BCUT2D eigenvalue weighted by atomic mass is 9.32. The van der Waals surface area contributed by atoms with E-state index in [9.17, 15) is 14.7 Å². The van der Waals surface area contributed by atoms with Crippen LogP contribution in [-0.2, 0) is 20.9 Å². The predicted octanol–water partition coefficient (Wildman–Crippen LogP) is 10.5.